The molecule has 0 heterocycles. The zero-order valence-corrected chi connectivity index (χ0v) is 23.5. The minimum absolute atomic E-state index is 0.606. The predicted octanol–water partition coefficient (Wildman–Crippen LogP) is 9.29. The predicted molar refractivity (Wildman–Crippen MR) is 179 cm³/mol. The topological polar surface area (TPSA) is 0 Å². The largest absolute Gasteiger partial charge is 0.121 e. The summed E-state index contributed by atoms with van der Waals surface area (Å²) >= 11 is 0. The Morgan fingerprint density at radius 1 is 0.317 bits per heavy atom. The minimum atomic E-state index is 0.606. The van der Waals surface area contributed by atoms with E-state index >= 15 is 0 Å². The minimum Gasteiger partial charge on any atom is -0.0631 e. The Morgan fingerprint density at radius 3 is 1.63 bits per heavy atom. The van der Waals surface area contributed by atoms with Crippen molar-refractivity contribution in [3.63, 3.8) is 0 Å². The van der Waals surface area contributed by atoms with Crippen molar-refractivity contribution in [2.45, 2.75) is 0 Å². The average Bonchev–Trinajstić information content (AvgIpc) is 3.04. The van der Waals surface area contributed by atoms with Gasteiger partial charge in [0.25, 0.3) is 0 Å². The molecule has 0 fully saturated rings. The van der Waals surface area contributed by atoms with Gasteiger partial charge in [-0.2, -0.15) is 0 Å². The molecule has 0 N–H and O–H groups in total. The first-order valence-corrected chi connectivity index (χ1v) is 15.1. The van der Waals surface area contributed by atoms with Crippen LogP contribution >= 0.6 is 0 Å². The second-order valence-corrected chi connectivity index (χ2v) is 12.0. The van der Waals surface area contributed by atoms with Gasteiger partial charge in [0.05, 0.1) is 0 Å². The molecule has 0 atom stereocenters. The summed E-state index contributed by atoms with van der Waals surface area (Å²) in [5.41, 5.74) is 5.17. The monoisotopic (exact) mass is 534 g/mol. The molecule has 0 aliphatic heterocycles. The lowest BCUT2D eigenvalue weighted by Crippen LogP contribution is -2.26. The van der Waals surface area contributed by atoms with Crippen LogP contribution in [0.1, 0.15) is 0 Å². The summed E-state index contributed by atoms with van der Waals surface area (Å²) in [6, 6.07) is 57.9. The summed E-state index contributed by atoms with van der Waals surface area (Å²) in [7, 11) is 0.606. The molecule has 0 aromatic heterocycles. The lowest BCUT2D eigenvalue weighted by atomic mass is 9.84. The van der Waals surface area contributed by atoms with Crippen LogP contribution in [0.5, 0.6) is 0 Å². The highest BCUT2D eigenvalue weighted by Gasteiger charge is 2.19. The molecule has 0 saturated heterocycles. The summed E-state index contributed by atoms with van der Waals surface area (Å²) in [6.45, 7) is 0. The Morgan fingerprint density at radius 2 is 0.878 bits per heavy atom. The fourth-order valence-electron chi connectivity index (χ4n) is 6.41. The van der Waals surface area contributed by atoms with Crippen LogP contribution in [0.4, 0.5) is 0 Å². The number of rotatable bonds is 4. The lowest BCUT2D eigenvalue weighted by Gasteiger charge is -2.20. The molecule has 1 heteroatoms. The summed E-state index contributed by atoms with van der Waals surface area (Å²) in [5.74, 6) is 0. The maximum Gasteiger partial charge on any atom is 0.121 e. The van der Waals surface area contributed by atoms with E-state index in [0.29, 0.717) is 9.52 Å². The van der Waals surface area contributed by atoms with E-state index in [1.807, 2.05) is 0 Å². The van der Waals surface area contributed by atoms with Crippen molar-refractivity contribution < 1.29 is 0 Å². The van der Waals surface area contributed by atoms with Gasteiger partial charge in [-0.25, -0.2) is 0 Å². The quantitative estimate of drug-likeness (QED) is 0.120. The molecule has 0 amide bonds. The molecule has 2 radical (unpaired) electrons. The molecular weight excluding hydrogens is 509 g/mol. The van der Waals surface area contributed by atoms with E-state index < -0.39 is 0 Å². The van der Waals surface area contributed by atoms with Crippen molar-refractivity contribution >= 4 is 63.0 Å². The fourth-order valence-corrected chi connectivity index (χ4v) is 7.49. The lowest BCUT2D eigenvalue weighted by molar-refractivity contribution is 1.67. The average molecular weight is 535 g/mol. The van der Waals surface area contributed by atoms with Gasteiger partial charge in [0.15, 0.2) is 0 Å². The van der Waals surface area contributed by atoms with E-state index in [2.05, 4.69) is 158 Å². The molecule has 0 nitrogen and oxygen atoms in total. The van der Waals surface area contributed by atoms with Gasteiger partial charge in [0.2, 0.25) is 0 Å². The zero-order valence-electron chi connectivity index (χ0n) is 22.5. The van der Waals surface area contributed by atoms with Gasteiger partial charge in [0.1, 0.15) is 9.52 Å². The molecule has 8 rings (SSSR count). The van der Waals surface area contributed by atoms with Crippen LogP contribution in [-0.2, 0) is 0 Å². The molecule has 8 aromatic carbocycles. The maximum atomic E-state index is 2.45. The maximum absolute atomic E-state index is 2.45. The second kappa shape index (κ2) is 9.89. The number of hydrogen-bond donors (Lipinski definition) is 0. The van der Waals surface area contributed by atoms with Crippen LogP contribution in [0, 0.1) is 0 Å². The first-order chi connectivity index (χ1) is 20.3. The highest BCUT2D eigenvalue weighted by molar-refractivity contribution is 6.67. The van der Waals surface area contributed by atoms with Crippen LogP contribution < -0.4 is 10.4 Å². The van der Waals surface area contributed by atoms with Crippen molar-refractivity contribution in [3.8, 4) is 22.3 Å². The molecule has 0 saturated carbocycles. The summed E-state index contributed by atoms with van der Waals surface area (Å²) in [4.78, 5) is 0. The van der Waals surface area contributed by atoms with Crippen molar-refractivity contribution in [2.75, 3.05) is 0 Å². The molecule has 0 spiro atoms. The second-order valence-electron chi connectivity index (χ2n) is 10.6. The van der Waals surface area contributed by atoms with E-state index in [-0.39, 0.29) is 0 Å². The molecule has 41 heavy (non-hydrogen) atoms. The number of fused-ring (bicyclic) bond motifs is 5. The van der Waals surface area contributed by atoms with E-state index in [0.717, 1.165) is 0 Å². The smallest absolute Gasteiger partial charge is 0.0631 e. The van der Waals surface area contributed by atoms with Crippen molar-refractivity contribution in [3.05, 3.63) is 158 Å². The third kappa shape index (κ3) is 4.06. The third-order valence-corrected chi connectivity index (χ3v) is 9.41. The van der Waals surface area contributed by atoms with Crippen molar-refractivity contribution in [1.82, 2.24) is 0 Å². The Hall–Kier alpha value is -4.98. The van der Waals surface area contributed by atoms with Crippen LogP contribution in [-0.4, -0.2) is 9.52 Å². The Balaban J connectivity index is 1.52. The van der Waals surface area contributed by atoms with Gasteiger partial charge in [0, 0.05) is 0 Å². The van der Waals surface area contributed by atoms with Gasteiger partial charge in [-0.05, 0) is 71.4 Å². The third-order valence-electron chi connectivity index (χ3n) is 8.19. The van der Waals surface area contributed by atoms with Crippen molar-refractivity contribution in [1.29, 1.82) is 0 Å². The van der Waals surface area contributed by atoms with Crippen molar-refractivity contribution in [2.24, 2.45) is 0 Å². The normalized spacial score (nSPS) is 11.5. The highest BCUT2D eigenvalue weighted by atomic mass is 28.2. The Kier molecular flexibility index (Phi) is 5.76. The highest BCUT2D eigenvalue weighted by Crippen LogP contribution is 2.46. The zero-order chi connectivity index (χ0) is 27.2. The van der Waals surface area contributed by atoms with Gasteiger partial charge < -0.3 is 0 Å². The molecule has 190 valence electrons. The molecule has 0 aliphatic carbocycles. The van der Waals surface area contributed by atoms with Crippen LogP contribution in [0.2, 0.25) is 0 Å². The first-order valence-electron chi connectivity index (χ1n) is 14.1. The van der Waals surface area contributed by atoms with Gasteiger partial charge in [-0.1, -0.05) is 162 Å². The summed E-state index contributed by atoms with van der Waals surface area (Å²) in [6.07, 6.45) is 0. The number of benzene rings is 8. The van der Waals surface area contributed by atoms with Crippen LogP contribution in [0.15, 0.2) is 158 Å². The fraction of sp³-hybridized carbons (Fsp3) is 0. The van der Waals surface area contributed by atoms with E-state index in [1.165, 1.54) is 75.7 Å². The standard InChI is InChI=1S/C40H26Si/c1-3-13-27(14-4-1)39-34-21-11-12-22-35(34)40(36-24-23-30(26-38(36)39)41-29-16-5-2-6-17-29)37-25-28-15-7-8-18-31(28)32-19-9-10-20-33(32)37/h1-26H. The number of hydrogen-bond acceptors (Lipinski definition) is 0. The molecule has 0 bridgehead atoms. The summed E-state index contributed by atoms with van der Waals surface area (Å²) < 4.78 is 0. The van der Waals surface area contributed by atoms with E-state index in [9.17, 15) is 0 Å². The molecule has 0 aliphatic rings. The Labute approximate surface area is 242 Å². The summed E-state index contributed by atoms with van der Waals surface area (Å²) in [5, 5.41) is 13.1. The molecule has 8 aromatic rings. The Bertz CT molecular complexity index is 2210. The van der Waals surface area contributed by atoms with Gasteiger partial charge in [-0.3, -0.25) is 0 Å². The van der Waals surface area contributed by atoms with Gasteiger partial charge in [-0.15, -0.1) is 0 Å². The van der Waals surface area contributed by atoms with E-state index in [4.69, 9.17) is 0 Å². The SMILES string of the molecule is c1ccc([Si]c2ccc3c(-c4cc5ccccc5c5ccccc45)c4ccccc4c(-c4ccccc4)c3c2)cc1. The van der Waals surface area contributed by atoms with Crippen LogP contribution in [0.25, 0.3) is 65.3 Å². The van der Waals surface area contributed by atoms with Gasteiger partial charge >= 0.3 is 0 Å². The first kappa shape index (κ1) is 23.9. The molecular formula is C40H26Si. The molecule has 0 unspecified atom stereocenters. The van der Waals surface area contributed by atoms with Crippen LogP contribution in [0.3, 0.4) is 0 Å². The van der Waals surface area contributed by atoms with E-state index in [1.54, 1.807) is 0 Å².